The lowest BCUT2D eigenvalue weighted by molar-refractivity contribution is -0.151. The van der Waals surface area contributed by atoms with Gasteiger partial charge in [0.05, 0.1) is 37.2 Å². The van der Waals surface area contributed by atoms with Crippen molar-refractivity contribution in [1.29, 1.82) is 0 Å². The molecule has 3 aliphatic rings. The standard InChI is InChI=1S/C37H50N10O11S/c1-4-16(2)28-32(55)40-14-27(52)45-36-34(57)42-22(12-25(38)50)37(58)47-10-9-23(47)31(54)46-29(17(3)24(49)15-48)33(56)41-21(30(53)39-13-26(51)44-28)11-19-18-7-5-6-8-20(18)43-35(19)59-36/h5-8,16-17,21-24,28-29,36,43,48-49H,4,9-15H2,1-3H3,(H2,38,50)(H,39,53)(H,40,55)(H,41,56)(H,42,57)(H,44,51)(H,45,52)(H,46,54)/t16-,17-,21-,22?,23-,24-,28-,29-,36-/m0/s1. The van der Waals surface area contributed by atoms with E-state index < -0.39 is 133 Å². The Bertz CT molecular complexity index is 1990. The van der Waals surface area contributed by atoms with Crippen molar-refractivity contribution in [3.05, 3.63) is 29.8 Å². The van der Waals surface area contributed by atoms with Crippen LogP contribution in [0.3, 0.4) is 0 Å². The summed E-state index contributed by atoms with van der Waals surface area (Å²) in [6, 6.07) is -0.253. The summed E-state index contributed by atoms with van der Waals surface area (Å²) >= 11 is 0.766. The van der Waals surface area contributed by atoms with E-state index in [-0.39, 0.29) is 24.4 Å². The molecule has 0 aliphatic carbocycles. The summed E-state index contributed by atoms with van der Waals surface area (Å²) < 4.78 is 0. The molecule has 21 nitrogen and oxygen atoms in total. The molecule has 1 aromatic heterocycles. The van der Waals surface area contributed by atoms with Gasteiger partial charge in [0.25, 0.3) is 5.91 Å². The molecule has 0 radical (unpaired) electrons. The molecule has 2 aromatic rings. The number of aromatic amines is 1. The molecule has 2 bridgehead atoms. The number of benzene rings is 1. The molecular formula is C37H50N10O11S. The fourth-order valence-electron chi connectivity index (χ4n) is 6.96. The molecule has 12 N–H and O–H groups in total. The molecule has 1 unspecified atom stereocenters. The van der Waals surface area contributed by atoms with Crippen LogP contribution in [0.2, 0.25) is 0 Å². The van der Waals surface area contributed by atoms with Crippen LogP contribution in [0.15, 0.2) is 29.3 Å². The van der Waals surface area contributed by atoms with Crippen molar-refractivity contribution >= 4 is 75.8 Å². The minimum absolute atomic E-state index is 0.00817. The number of carbonyl (C=O) groups is 9. The first-order valence-corrected chi connectivity index (χ1v) is 20.1. The zero-order chi connectivity index (χ0) is 43.1. The Morgan fingerprint density at radius 1 is 0.864 bits per heavy atom. The number of nitrogens with one attached hydrogen (secondary N) is 8. The third-order valence-electron chi connectivity index (χ3n) is 10.8. The molecule has 59 heavy (non-hydrogen) atoms. The Labute approximate surface area is 342 Å². The van der Waals surface area contributed by atoms with Crippen LogP contribution < -0.4 is 43.0 Å². The number of para-hydroxylation sites is 1. The topological polar surface area (TPSA) is 323 Å². The number of rotatable bonds is 7. The maximum absolute atomic E-state index is 14.3. The van der Waals surface area contributed by atoms with E-state index >= 15 is 0 Å². The van der Waals surface area contributed by atoms with Crippen LogP contribution >= 0.6 is 11.8 Å². The molecule has 0 spiro atoms. The highest BCUT2D eigenvalue weighted by Crippen LogP contribution is 2.33. The fourth-order valence-corrected chi connectivity index (χ4v) is 8.06. The quantitative estimate of drug-likeness (QED) is 0.127. The first-order chi connectivity index (χ1) is 28.0. The zero-order valence-electron chi connectivity index (χ0n) is 32.7. The van der Waals surface area contributed by atoms with Crippen molar-refractivity contribution in [2.75, 3.05) is 26.2 Å². The van der Waals surface area contributed by atoms with Gasteiger partial charge in [-0.15, -0.1) is 0 Å². The monoisotopic (exact) mass is 842 g/mol. The Hall–Kier alpha value is -5.74. The summed E-state index contributed by atoms with van der Waals surface area (Å²) in [6.45, 7) is 2.78. The van der Waals surface area contributed by atoms with Gasteiger partial charge >= 0.3 is 0 Å². The van der Waals surface area contributed by atoms with Crippen LogP contribution in [-0.2, 0) is 49.6 Å². The highest BCUT2D eigenvalue weighted by atomic mass is 32.2. The van der Waals surface area contributed by atoms with E-state index in [1.807, 2.05) is 0 Å². The number of nitrogens with zero attached hydrogens (tertiary/aromatic N) is 1. The summed E-state index contributed by atoms with van der Waals surface area (Å²) in [6.07, 6.45) is -2.00. The Morgan fingerprint density at radius 2 is 1.54 bits per heavy atom. The molecule has 0 saturated carbocycles. The summed E-state index contributed by atoms with van der Waals surface area (Å²) in [5.74, 6) is -9.43. The largest absolute Gasteiger partial charge is 0.394 e. The van der Waals surface area contributed by atoms with Gasteiger partial charge in [0.15, 0.2) is 5.37 Å². The molecule has 1 fully saturated rings. The van der Waals surface area contributed by atoms with Gasteiger partial charge in [-0.1, -0.05) is 57.2 Å². The molecule has 320 valence electrons. The second kappa shape index (κ2) is 19.3. The fraction of sp³-hybridized carbons (Fsp3) is 0.541. The predicted octanol–water partition coefficient (Wildman–Crippen LogP) is -4.04. The van der Waals surface area contributed by atoms with Gasteiger partial charge in [-0.2, -0.15) is 0 Å². The number of H-pyrrole nitrogens is 1. The summed E-state index contributed by atoms with van der Waals surface area (Å²) in [7, 11) is 0. The average Bonchev–Trinajstić information content (AvgIpc) is 3.53. The van der Waals surface area contributed by atoms with Crippen LogP contribution in [0.25, 0.3) is 10.9 Å². The number of hydrogen-bond donors (Lipinski definition) is 11. The first kappa shape index (κ1) is 44.4. The zero-order valence-corrected chi connectivity index (χ0v) is 33.5. The van der Waals surface area contributed by atoms with E-state index in [4.69, 9.17) is 5.73 Å². The first-order valence-electron chi connectivity index (χ1n) is 19.2. The number of amides is 9. The van der Waals surface area contributed by atoms with E-state index in [0.29, 0.717) is 22.9 Å². The number of aliphatic hydroxyl groups excluding tert-OH is 2. The number of hydrogen-bond acceptors (Lipinski definition) is 12. The average molecular weight is 843 g/mol. The second-order valence-corrected chi connectivity index (χ2v) is 16.0. The van der Waals surface area contributed by atoms with Gasteiger partial charge in [0.2, 0.25) is 47.3 Å². The molecule has 22 heteroatoms. The molecule has 1 aromatic carbocycles. The minimum Gasteiger partial charge on any atom is -0.394 e. The molecule has 9 atom stereocenters. The second-order valence-electron chi connectivity index (χ2n) is 14.8. The van der Waals surface area contributed by atoms with E-state index in [0.717, 1.165) is 16.7 Å². The van der Waals surface area contributed by atoms with Crippen molar-refractivity contribution in [3.63, 3.8) is 0 Å². The Balaban J connectivity index is 1.68. The Morgan fingerprint density at radius 3 is 2.19 bits per heavy atom. The third kappa shape index (κ3) is 10.5. The highest BCUT2D eigenvalue weighted by molar-refractivity contribution is 8.00. The van der Waals surface area contributed by atoms with E-state index in [2.05, 4.69) is 42.2 Å². The summed E-state index contributed by atoms with van der Waals surface area (Å²) in [5.41, 5.74) is 6.37. The third-order valence-corrected chi connectivity index (χ3v) is 11.9. The molecule has 4 heterocycles. The van der Waals surface area contributed by atoms with Crippen LogP contribution in [-0.4, -0.2) is 141 Å². The van der Waals surface area contributed by atoms with Gasteiger partial charge in [-0.3, -0.25) is 43.2 Å². The van der Waals surface area contributed by atoms with Gasteiger partial charge in [-0.25, -0.2) is 0 Å². The van der Waals surface area contributed by atoms with E-state index in [1.165, 1.54) is 6.92 Å². The van der Waals surface area contributed by atoms with Crippen LogP contribution in [0.5, 0.6) is 0 Å². The SMILES string of the molecule is CC[C@H](C)[C@@H]1NC(=O)CNC(=O)[C@@H]2Cc3c([nH]c4ccccc34)S[C@H](NC(=O)CNC1=O)C(=O)NC(CC(N)=O)C(=O)N1CC[C@H]1C(=O)N[C@@H]([C@@H](C)[C@@H](O)CO)C(=O)N2. The number of fused-ring (bicyclic) bond motifs is 4. The maximum Gasteiger partial charge on any atom is 0.254 e. The normalized spacial score (nSPS) is 27.0. The molecule has 9 amide bonds. The van der Waals surface area contributed by atoms with Crippen molar-refractivity contribution in [1.82, 2.24) is 47.1 Å². The lowest BCUT2D eigenvalue weighted by Crippen LogP contribution is -2.66. The van der Waals surface area contributed by atoms with Crippen LogP contribution in [0, 0.1) is 11.8 Å². The van der Waals surface area contributed by atoms with Gasteiger partial charge in [-0.05, 0) is 24.0 Å². The number of primary amides is 1. The summed E-state index contributed by atoms with van der Waals surface area (Å²) in [4.78, 5) is 127. The smallest absolute Gasteiger partial charge is 0.254 e. The number of carbonyl (C=O) groups excluding carboxylic acids is 9. The molecule has 1 saturated heterocycles. The molecular weight excluding hydrogens is 793 g/mol. The Kier molecular flexibility index (Phi) is 14.5. The van der Waals surface area contributed by atoms with Gasteiger partial charge < -0.3 is 63.0 Å². The maximum atomic E-state index is 14.3. The van der Waals surface area contributed by atoms with Crippen molar-refractivity contribution in [2.24, 2.45) is 17.6 Å². The van der Waals surface area contributed by atoms with Crippen molar-refractivity contribution < 1.29 is 53.4 Å². The van der Waals surface area contributed by atoms with Gasteiger partial charge in [0, 0.05) is 29.8 Å². The van der Waals surface area contributed by atoms with Gasteiger partial charge in [0.1, 0.15) is 30.2 Å². The number of nitrogens with two attached hydrogens (primary N) is 1. The van der Waals surface area contributed by atoms with E-state index in [1.54, 1.807) is 38.1 Å². The van der Waals surface area contributed by atoms with Crippen molar-refractivity contribution in [3.8, 4) is 0 Å². The minimum atomic E-state index is -1.61. The molecule has 3 aliphatic heterocycles. The number of aromatic nitrogens is 1. The summed E-state index contributed by atoms with van der Waals surface area (Å²) in [5, 5.41) is 37.4. The molecule has 5 rings (SSSR count). The van der Waals surface area contributed by atoms with Crippen molar-refractivity contribution in [2.45, 2.75) is 93.2 Å². The lowest BCUT2D eigenvalue weighted by Gasteiger charge is -2.42. The lowest BCUT2D eigenvalue weighted by atomic mass is 9.92. The van der Waals surface area contributed by atoms with Crippen LogP contribution in [0.1, 0.15) is 45.6 Å². The number of aliphatic hydroxyl groups is 2. The van der Waals surface area contributed by atoms with Crippen LogP contribution in [0.4, 0.5) is 0 Å². The number of thioether (sulfide) groups is 1. The highest BCUT2D eigenvalue weighted by Gasteiger charge is 2.44. The predicted molar refractivity (Wildman–Crippen MR) is 209 cm³/mol. The van der Waals surface area contributed by atoms with E-state index in [9.17, 15) is 53.4 Å².